The number of amides is 1. The molecular weight excluding hydrogens is 392 g/mol. The van der Waals surface area contributed by atoms with Crippen LogP contribution in [0.25, 0.3) is 5.76 Å². The summed E-state index contributed by atoms with van der Waals surface area (Å²) in [5.41, 5.74) is 2.37. The number of carbonyl (C=O) groups excluding carboxylic acids is 2. The lowest BCUT2D eigenvalue weighted by atomic mass is 9.94. The molecule has 0 aromatic heterocycles. The number of ether oxygens (including phenoxy) is 1. The van der Waals surface area contributed by atoms with E-state index in [2.05, 4.69) is 0 Å². The maximum Gasteiger partial charge on any atom is 0.295 e. The van der Waals surface area contributed by atoms with E-state index in [-0.39, 0.29) is 17.4 Å². The van der Waals surface area contributed by atoms with Gasteiger partial charge in [-0.2, -0.15) is 0 Å². The zero-order chi connectivity index (χ0) is 22.7. The number of aryl methyl sites for hydroxylation is 1. The number of likely N-dealkylation sites (N-methyl/N-ethyl adjacent to an activating group) is 1. The topological polar surface area (TPSA) is 70.1 Å². The molecule has 1 N–H and O–H groups in total. The molecule has 2 aromatic rings. The van der Waals surface area contributed by atoms with Crippen LogP contribution in [0.2, 0.25) is 0 Å². The molecule has 1 fully saturated rings. The van der Waals surface area contributed by atoms with Gasteiger partial charge in [0.15, 0.2) is 0 Å². The highest BCUT2D eigenvalue weighted by molar-refractivity contribution is 6.46. The summed E-state index contributed by atoms with van der Waals surface area (Å²) in [5.74, 6) is -0.859. The minimum atomic E-state index is -0.669. The standard InChI is InChI=1S/C25H30N2O4/c1-16(2)31-20-11-7-10-19(15-20)23(28)21-22(18-9-6-8-17(3)14-18)27(13-12-26(4)5)25(30)24(21)29/h6-11,14-16,22,28H,12-13H2,1-5H3/b23-21-. The Balaban J connectivity index is 2.13. The molecule has 6 nitrogen and oxygen atoms in total. The number of rotatable bonds is 7. The summed E-state index contributed by atoms with van der Waals surface area (Å²) in [6, 6.07) is 14.0. The molecule has 1 unspecified atom stereocenters. The first kappa shape index (κ1) is 22.6. The quantitative estimate of drug-likeness (QED) is 0.418. The van der Waals surface area contributed by atoms with Gasteiger partial charge >= 0.3 is 0 Å². The molecule has 3 rings (SSSR count). The average Bonchev–Trinajstić information content (AvgIpc) is 2.96. The van der Waals surface area contributed by atoms with Crippen molar-refractivity contribution >= 4 is 17.4 Å². The van der Waals surface area contributed by atoms with Crippen molar-refractivity contribution < 1.29 is 19.4 Å². The fourth-order valence-electron chi connectivity index (χ4n) is 3.75. The van der Waals surface area contributed by atoms with Gasteiger partial charge in [-0.1, -0.05) is 42.0 Å². The van der Waals surface area contributed by atoms with Crippen LogP contribution in [-0.4, -0.2) is 59.9 Å². The van der Waals surface area contributed by atoms with Crippen molar-refractivity contribution in [2.45, 2.75) is 32.9 Å². The second-order valence-corrected chi connectivity index (χ2v) is 8.40. The highest BCUT2D eigenvalue weighted by Crippen LogP contribution is 2.39. The number of benzene rings is 2. The predicted molar refractivity (Wildman–Crippen MR) is 121 cm³/mol. The molecule has 1 amide bonds. The third-order valence-electron chi connectivity index (χ3n) is 5.17. The molecule has 1 aliphatic rings. The van der Waals surface area contributed by atoms with Crippen LogP contribution < -0.4 is 4.74 Å². The molecule has 1 aliphatic heterocycles. The van der Waals surface area contributed by atoms with Crippen molar-refractivity contribution in [1.82, 2.24) is 9.80 Å². The van der Waals surface area contributed by atoms with E-state index in [1.165, 1.54) is 0 Å². The summed E-state index contributed by atoms with van der Waals surface area (Å²) in [5, 5.41) is 11.2. The van der Waals surface area contributed by atoms with Crippen molar-refractivity contribution in [3.05, 3.63) is 70.8 Å². The second kappa shape index (κ2) is 9.35. The summed E-state index contributed by atoms with van der Waals surface area (Å²) < 4.78 is 5.73. The van der Waals surface area contributed by atoms with Gasteiger partial charge in [-0.25, -0.2) is 0 Å². The van der Waals surface area contributed by atoms with Crippen molar-refractivity contribution in [2.24, 2.45) is 0 Å². The van der Waals surface area contributed by atoms with Gasteiger partial charge in [0.1, 0.15) is 11.5 Å². The number of nitrogens with zero attached hydrogens (tertiary/aromatic N) is 2. The van der Waals surface area contributed by atoms with E-state index in [9.17, 15) is 14.7 Å². The third-order valence-corrected chi connectivity index (χ3v) is 5.17. The van der Waals surface area contributed by atoms with Crippen LogP contribution in [0.5, 0.6) is 5.75 Å². The Bertz CT molecular complexity index is 1010. The Morgan fingerprint density at radius 2 is 1.84 bits per heavy atom. The second-order valence-electron chi connectivity index (χ2n) is 8.40. The summed E-state index contributed by atoms with van der Waals surface area (Å²) in [6.45, 7) is 6.78. The molecule has 1 heterocycles. The van der Waals surface area contributed by atoms with Crippen LogP contribution in [0.4, 0.5) is 0 Å². The highest BCUT2D eigenvalue weighted by atomic mass is 16.5. The Morgan fingerprint density at radius 3 is 2.48 bits per heavy atom. The molecule has 164 valence electrons. The van der Waals surface area contributed by atoms with E-state index in [1.807, 2.05) is 64.0 Å². The average molecular weight is 423 g/mol. The molecule has 0 spiro atoms. The summed E-state index contributed by atoms with van der Waals surface area (Å²) in [4.78, 5) is 29.5. The van der Waals surface area contributed by atoms with Crippen LogP contribution in [0.15, 0.2) is 54.1 Å². The molecule has 6 heteroatoms. The maximum absolute atomic E-state index is 13.1. The van der Waals surface area contributed by atoms with Gasteiger partial charge in [-0.3, -0.25) is 9.59 Å². The maximum atomic E-state index is 13.1. The largest absolute Gasteiger partial charge is 0.507 e. The number of aliphatic hydroxyl groups excluding tert-OH is 1. The molecule has 2 aromatic carbocycles. The lowest BCUT2D eigenvalue weighted by molar-refractivity contribution is -0.140. The van der Waals surface area contributed by atoms with E-state index in [1.54, 1.807) is 29.2 Å². The van der Waals surface area contributed by atoms with Crippen molar-refractivity contribution in [2.75, 3.05) is 27.2 Å². The van der Waals surface area contributed by atoms with E-state index in [4.69, 9.17) is 4.74 Å². The van der Waals surface area contributed by atoms with Crippen molar-refractivity contribution in [3.63, 3.8) is 0 Å². The summed E-state index contributed by atoms with van der Waals surface area (Å²) in [6.07, 6.45) is -0.0266. The Labute approximate surface area is 183 Å². The lowest BCUT2D eigenvalue weighted by Gasteiger charge is -2.26. The van der Waals surface area contributed by atoms with Gasteiger partial charge < -0.3 is 19.6 Å². The van der Waals surface area contributed by atoms with Gasteiger partial charge in [-0.05, 0) is 52.6 Å². The summed E-state index contributed by atoms with van der Waals surface area (Å²) >= 11 is 0. The molecule has 1 saturated heterocycles. The van der Waals surface area contributed by atoms with E-state index in [0.29, 0.717) is 24.4 Å². The monoisotopic (exact) mass is 422 g/mol. The number of carbonyl (C=O) groups is 2. The normalized spacial score (nSPS) is 18.3. The first-order valence-corrected chi connectivity index (χ1v) is 10.5. The highest BCUT2D eigenvalue weighted by Gasteiger charge is 2.45. The SMILES string of the molecule is Cc1cccc(C2/C(=C(/O)c3cccc(OC(C)C)c3)C(=O)C(=O)N2CCN(C)C)c1. The van der Waals surface area contributed by atoms with Crippen molar-refractivity contribution in [1.29, 1.82) is 0 Å². The zero-order valence-corrected chi connectivity index (χ0v) is 18.8. The van der Waals surface area contributed by atoms with Crippen LogP contribution in [0, 0.1) is 6.92 Å². The van der Waals surface area contributed by atoms with E-state index >= 15 is 0 Å². The fraction of sp³-hybridized carbons (Fsp3) is 0.360. The number of hydrogen-bond donors (Lipinski definition) is 1. The smallest absolute Gasteiger partial charge is 0.295 e. The molecule has 1 atom stereocenters. The predicted octanol–water partition coefficient (Wildman–Crippen LogP) is 3.77. The van der Waals surface area contributed by atoms with Gasteiger partial charge in [0, 0.05) is 18.7 Å². The van der Waals surface area contributed by atoms with Crippen LogP contribution in [0.3, 0.4) is 0 Å². The molecular formula is C25H30N2O4. The number of Topliss-reactive ketones (excluding diaryl/α,β-unsaturated/α-hetero) is 1. The van der Waals surface area contributed by atoms with E-state index in [0.717, 1.165) is 11.1 Å². The van der Waals surface area contributed by atoms with Gasteiger partial charge in [-0.15, -0.1) is 0 Å². The molecule has 31 heavy (non-hydrogen) atoms. The van der Waals surface area contributed by atoms with Crippen LogP contribution in [0.1, 0.15) is 36.6 Å². The number of likely N-dealkylation sites (tertiary alicyclic amines) is 1. The van der Waals surface area contributed by atoms with Gasteiger partial charge in [0.05, 0.1) is 17.7 Å². The first-order chi connectivity index (χ1) is 14.7. The van der Waals surface area contributed by atoms with Crippen LogP contribution >= 0.6 is 0 Å². The minimum Gasteiger partial charge on any atom is -0.507 e. The zero-order valence-electron chi connectivity index (χ0n) is 18.8. The van der Waals surface area contributed by atoms with Gasteiger partial charge in [0.25, 0.3) is 11.7 Å². The Morgan fingerprint density at radius 1 is 1.13 bits per heavy atom. The molecule has 0 bridgehead atoms. The molecule has 0 radical (unpaired) electrons. The minimum absolute atomic E-state index is 0.0266. The Hall–Kier alpha value is -3.12. The number of aliphatic hydroxyl groups is 1. The summed E-state index contributed by atoms with van der Waals surface area (Å²) in [7, 11) is 3.83. The first-order valence-electron chi connectivity index (χ1n) is 10.5. The molecule has 0 aliphatic carbocycles. The van der Waals surface area contributed by atoms with Gasteiger partial charge in [0.2, 0.25) is 0 Å². The number of ketones is 1. The third kappa shape index (κ3) is 4.97. The Kier molecular flexibility index (Phi) is 6.81. The molecule has 0 saturated carbocycles. The number of hydrogen-bond acceptors (Lipinski definition) is 5. The van der Waals surface area contributed by atoms with E-state index < -0.39 is 17.7 Å². The lowest BCUT2D eigenvalue weighted by Crippen LogP contribution is -2.35. The van der Waals surface area contributed by atoms with Crippen LogP contribution in [-0.2, 0) is 9.59 Å². The fourth-order valence-corrected chi connectivity index (χ4v) is 3.75. The van der Waals surface area contributed by atoms with Crippen molar-refractivity contribution in [3.8, 4) is 5.75 Å².